The fourth-order valence-electron chi connectivity index (χ4n) is 1.06. The molecular formula is C16H28N2. The molecule has 2 rings (SSSR count). The number of rotatable bonds is 0. The van der Waals surface area contributed by atoms with E-state index in [1.807, 2.05) is 58.9 Å². The van der Waals surface area contributed by atoms with Crippen LogP contribution in [0.15, 0.2) is 30.5 Å². The minimum absolute atomic E-state index is 0.957. The van der Waals surface area contributed by atoms with Gasteiger partial charge in [-0.15, -0.1) is 0 Å². The summed E-state index contributed by atoms with van der Waals surface area (Å²) in [6.45, 7) is 14.2. The molecule has 0 saturated heterocycles. The molecule has 102 valence electrons. The lowest BCUT2D eigenvalue weighted by atomic mass is 10.3. The van der Waals surface area contributed by atoms with Gasteiger partial charge in [-0.05, 0) is 31.2 Å². The molecule has 0 amide bonds. The standard InChI is InChI=1S/C9H8N2.C3H8.2C2H6/c1-7-4-5-8-9(11-7)3-2-6-10-8;1-3-2;2*1-2/h2-6H,1H3;3H2,1-2H3;2*1-2H3. The van der Waals surface area contributed by atoms with Gasteiger partial charge in [0.05, 0.1) is 11.0 Å². The minimum Gasteiger partial charge on any atom is -0.255 e. The van der Waals surface area contributed by atoms with Gasteiger partial charge in [0, 0.05) is 11.9 Å². The molecule has 0 radical (unpaired) electrons. The quantitative estimate of drug-likeness (QED) is 0.623. The van der Waals surface area contributed by atoms with E-state index in [1.165, 1.54) is 6.42 Å². The molecule has 0 bridgehead atoms. The highest BCUT2D eigenvalue weighted by Gasteiger charge is 1.92. The molecule has 0 saturated carbocycles. The van der Waals surface area contributed by atoms with Crippen LogP contribution in [0.5, 0.6) is 0 Å². The first-order valence-electron chi connectivity index (χ1n) is 6.96. The van der Waals surface area contributed by atoms with Gasteiger partial charge in [-0.2, -0.15) is 0 Å². The highest BCUT2D eigenvalue weighted by atomic mass is 14.7. The number of nitrogens with zero attached hydrogens (tertiary/aromatic N) is 2. The van der Waals surface area contributed by atoms with E-state index in [4.69, 9.17) is 0 Å². The topological polar surface area (TPSA) is 25.8 Å². The van der Waals surface area contributed by atoms with Gasteiger partial charge in [-0.25, -0.2) is 0 Å². The largest absolute Gasteiger partial charge is 0.255 e. The Morgan fingerprint density at radius 1 is 0.889 bits per heavy atom. The van der Waals surface area contributed by atoms with Crippen LogP contribution in [0.4, 0.5) is 0 Å². The maximum absolute atomic E-state index is 4.31. The van der Waals surface area contributed by atoms with E-state index in [0.717, 1.165) is 16.7 Å². The Hall–Kier alpha value is -1.44. The third-order valence-corrected chi connectivity index (χ3v) is 1.60. The molecular weight excluding hydrogens is 220 g/mol. The van der Waals surface area contributed by atoms with Gasteiger partial charge in [0.25, 0.3) is 0 Å². The van der Waals surface area contributed by atoms with Gasteiger partial charge >= 0.3 is 0 Å². The molecule has 0 atom stereocenters. The summed E-state index contributed by atoms with van der Waals surface area (Å²) in [5.41, 5.74) is 2.95. The molecule has 0 aliphatic carbocycles. The van der Waals surface area contributed by atoms with Crippen LogP contribution >= 0.6 is 0 Å². The van der Waals surface area contributed by atoms with Crippen molar-refractivity contribution in [1.82, 2.24) is 9.97 Å². The second-order valence-corrected chi connectivity index (χ2v) is 3.20. The number of fused-ring (bicyclic) bond motifs is 1. The summed E-state index contributed by atoms with van der Waals surface area (Å²) in [6.07, 6.45) is 3.03. The number of hydrogen-bond acceptors (Lipinski definition) is 2. The van der Waals surface area contributed by atoms with E-state index in [-0.39, 0.29) is 0 Å². The van der Waals surface area contributed by atoms with Crippen molar-refractivity contribution >= 4 is 11.0 Å². The van der Waals surface area contributed by atoms with Crippen LogP contribution in [0, 0.1) is 6.92 Å². The van der Waals surface area contributed by atoms with Crippen LogP contribution in [0.25, 0.3) is 11.0 Å². The van der Waals surface area contributed by atoms with Gasteiger partial charge in [-0.3, -0.25) is 9.97 Å². The van der Waals surface area contributed by atoms with Crippen molar-refractivity contribution in [3.05, 3.63) is 36.2 Å². The number of aryl methyl sites for hydroxylation is 1. The van der Waals surface area contributed by atoms with E-state index in [1.54, 1.807) is 6.20 Å². The molecule has 2 aromatic rings. The molecule has 0 aliphatic rings. The molecule has 18 heavy (non-hydrogen) atoms. The average Bonchev–Trinajstić information content (AvgIpc) is 2.44. The Kier molecular flexibility index (Phi) is 14.3. The second-order valence-electron chi connectivity index (χ2n) is 3.20. The average molecular weight is 248 g/mol. The maximum atomic E-state index is 4.31. The molecule has 2 heterocycles. The second kappa shape index (κ2) is 13.6. The molecule has 0 aromatic carbocycles. The number of hydrogen-bond donors (Lipinski definition) is 0. The lowest BCUT2D eigenvalue weighted by Gasteiger charge is -1.95. The molecule has 0 spiro atoms. The lowest BCUT2D eigenvalue weighted by molar-refractivity contribution is 1.09. The van der Waals surface area contributed by atoms with E-state index in [9.17, 15) is 0 Å². The zero-order valence-electron chi connectivity index (χ0n) is 13.0. The summed E-state index contributed by atoms with van der Waals surface area (Å²) in [5.74, 6) is 0. The van der Waals surface area contributed by atoms with Crippen molar-refractivity contribution in [3.63, 3.8) is 0 Å². The Balaban J connectivity index is 0. The van der Waals surface area contributed by atoms with Crippen molar-refractivity contribution in [2.24, 2.45) is 0 Å². The number of aromatic nitrogens is 2. The highest BCUT2D eigenvalue weighted by molar-refractivity contribution is 5.73. The first kappa shape index (κ1) is 18.9. The SMILES string of the molecule is CC.CC.CCC.Cc1ccc2ncccc2n1. The summed E-state index contributed by atoms with van der Waals surface area (Å²) < 4.78 is 0. The summed E-state index contributed by atoms with van der Waals surface area (Å²) in [5, 5.41) is 0. The van der Waals surface area contributed by atoms with Crippen molar-refractivity contribution in [3.8, 4) is 0 Å². The van der Waals surface area contributed by atoms with Crippen LogP contribution in [0.3, 0.4) is 0 Å². The zero-order chi connectivity index (χ0) is 14.4. The van der Waals surface area contributed by atoms with Crippen LogP contribution in [0.1, 0.15) is 53.7 Å². The summed E-state index contributed by atoms with van der Waals surface area (Å²) >= 11 is 0. The van der Waals surface area contributed by atoms with Crippen LogP contribution in [0.2, 0.25) is 0 Å². The monoisotopic (exact) mass is 248 g/mol. The molecule has 2 aromatic heterocycles. The van der Waals surface area contributed by atoms with Gasteiger partial charge in [0.15, 0.2) is 0 Å². The van der Waals surface area contributed by atoms with Crippen molar-refractivity contribution < 1.29 is 0 Å². The third-order valence-electron chi connectivity index (χ3n) is 1.60. The van der Waals surface area contributed by atoms with Gasteiger partial charge in [0.2, 0.25) is 0 Å². The van der Waals surface area contributed by atoms with E-state index >= 15 is 0 Å². The highest BCUT2D eigenvalue weighted by Crippen LogP contribution is 2.07. The first-order chi connectivity index (χ1) is 8.77. The third kappa shape index (κ3) is 7.77. The first-order valence-corrected chi connectivity index (χ1v) is 6.96. The Morgan fingerprint density at radius 3 is 2.00 bits per heavy atom. The Morgan fingerprint density at radius 2 is 1.44 bits per heavy atom. The predicted octanol–water partition coefficient (Wildman–Crippen LogP) is 5.41. The van der Waals surface area contributed by atoms with Crippen molar-refractivity contribution in [2.45, 2.75) is 54.9 Å². The van der Waals surface area contributed by atoms with E-state index in [0.29, 0.717) is 0 Å². The van der Waals surface area contributed by atoms with Gasteiger partial charge in [-0.1, -0.05) is 48.0 Å². The van der Waals surface area contributed by atoms with Crippen molar-refractivity contribution in [2.75, 3.05) is 0 Å². The van der Waals surface area contributed by atoms with E-state index in [2.05, 4.69) is 23.8 Å². The molecule has 2 nitrogen and oxygen atoms in total. The molecule has 0 fully saturated rings. The zero-order valence-corrected chi connectivity index (χ0v) is 13.0. The fraction of sp³-hybridized carbons (Fsp3) is 0.500. The lowest BCUT2D eigenvalue weighted by Crippen LogP contribution is -1.83. The smallest absolute Gasteiger partial charge is 0.0889 e. The summed E-state index contributed by atoms with van der Waals surface area (Å²) in [7, 11) is 0. The minimum atomic E-state index is 0.957. The Labute approximate surface area is 112 Å². The van der Waals surface area contributed by atoms with Crippen LogP contribution in [-0.4, -0.2) is 9.97 Å². The maximum Gasteiger partial charge on any atom is 0.0889 e. The molecule has 0 unspecified atom stereocenters. The van der Waals surface area contributed by atoms with Gasteiger partial charge in [0.1, 0.15) is 0 Å². The Bertz CT molecular complexity index is 397. The normalized spacial score (nSPS) is 7.94. The summed E-state index contributed by atoms with van der Waals surface area (Å²) in [6, 6.07) is 7.82. The summed E-state index contributed by atoms with van der Waals surface area (Å²) in [4.78, 5) is 8.47. The molecule has 0 aliphatic heterocycles. The van der Waals surface area contributed by atoms with Crippen LogP contribution in [-0.2, 0) is 0 Å². The van der Waals surface area contributed by atoms with Crippen LogP contribution < -0.4 is 0 Å². The van der Waals surface area contributed by atoms with Crippen molar-refractivity contribution in [1.29, 1.82) is 0 Å². The molecule has 2 heteroatoms. The molecule has 0 N–H and O–H groups in total. The predicted molar refractivity (Wildman–Crippen MR) is 82.9 cm³/mol. The fourth-order valence-corrected chi connectivity index (χ4v) is 1.06. The van der Waals surface area contributed by atoms with E-state index < -0.39 is 0 Å². The number of pyridine rings is 2. The van der Waals surface area contributed by atoms with Gasteiger partial charge < -0.3 is 0 Å².